The molecule has 8 heteroatoms. The first-order valence-electron chi connectivity index (χ1n) is 10.6. The van der Waals surface area contributed by atoms with Crippen LogP contribution in [-0.2, 0) is 12.0 Å². The molecule has 1 aromatic carbocycles. The second-order valence-corrected chi connectivity index (χ2v) is 9.88. The van der Waals surface area contributed by atoms with Gasteiger partial charge in [-0.25, -0.2) is 9.97 Å². The van der Waals surface area contributed by atoms with Gasteiger partial charge in [-0.1, -0.05) is 32.0 Å². The summed E-state index contributed by atoms with van der Waals surface area (Å²) in [5.74, 6) is 0. The first kappa shape index (κ1) is 24.7. The van der Waals surface area contributed by atoms with Crippen LogP contribution < -0.4 is 29.6 Å². The van der Waals surface area contributed by atoms with Crippen molar-refractivity contribution in [2.45, 2.75) is 25.9 Å². The number of aromatic amines is 1. The van der Waals surface area contributed by atoms with Crippen molar-refractivity contribution >= 4 is 22.4 Å². The van der Waals surface area contributed by atoms with E-state index in [1.165, 1.54) is 0 Å². The van der Waals surface area contributed by atoms with E-state index in [1.807, 2.05) is 36.7 Å². The van der Waals surface area contributed by atoms with Gasteiger partial charge in [0.1, 0.15) is 16.3 Å². The molecule has 6 rings (SSSR count). The number of rotatable bonds is 3. The molecule has 34 heavy (non-hydrogen) atoms. The van der Waals surface area contributed by atoms with Gasteiger partial charge in [-0.15, -0.1) is 11.3 Å². The Bertz CT molecular complexity index is 1480. The molecule has 4 aromatic heterocycles. The molecule has 6 nitrogen and oxygen atoms in total. The predicted octanol–water partition coefficient (Wildman–Crippen LogP) is 2.39. The maximum absolute atomic E-state index is 12.0. The summed E-state index contributed by atoms with van der Waals surface area (Å²) in [5.41, 5.74) is 5.28. The van der Waals surface area contributed by atoms with E-state index in [0.717, 1.165) is 56.0 Å². The summed E-state index contributed by atoms with van der Waals surface area (Å²) in [6.45, 7) is 4.23. The third kappa shape index (κ3) is 3.64. The largest absolute Gasteiger partial charge is 1.00 e. The van der Waals surface area contributed by atoms with Crippen LogP contribution in [0.1, 0.15) is 30.5 Å². The van der Waals surface area contributed by atoms with E-state index < -0.39 is 5.60 Å². The van der Waals surface area contributed by atoms with Crippen LogP contribution in [0.3, 0.4) is 0 Å². The Morgan fingerprint density at radius 2 is 1.94 bits per heavy atom. The molecule has 0 saturated heterocycles. The van der Waals surface area contributed by atoms with Gasteiger partial charge in [0.25, 0.3) is 0 Å². The number of aliphatic hydroxyl groups is 1. The number of H-pyrrole nitrogens is 1. The quantitative estimate of drug-likeness (QED) is 0.388. The fraction of sp³-hybridized carbons (Fsp3) is 0.192. The van der Waals surface area contributed by atoms with Gasteiger partial charge in [-0.05, 0) is 41.8 Å². The minimum atomic E-state index is -1.10. The molecule has 0 amide bonds. The average molecular weight is 479 g/mol. The third-order valence-electron chi connectivity index (χ3n) is 6.67. The topological polar surface area (TPSA) is 105 Å². The molecule has 1 atom stereocenters. The SMILES string of the molecule is CC1(C)Cc2ccncc2[C@]1(O)c1cccc(-c2csc(-c3c[nH]c4ncccc34)n2)c1.[Na+].[OH-]. The molecular weight excluding hydrogens is 455 g/mol. The second kappa shape index (κ2) is 9.00. The third-order valence-corrected chi connectivity index (χ3v) is 7.55. The molecule has 0 aliphatic heterocycles. The number of hydrogen-bond acceptors (Lipinski definition) is 6. The first-order valence-corrected chi connectivity index (χ1v) is 11.5. The Hall–Kier alpha value is -2.39. The van der Waals surface area contributed by atoms with Crippen LogP contribution in [-0.4, -0.2) is 30.5 Å². The summed E-state index contributed by atoms with van der Waals surface area (Å²) >= 11 is 1.61. The Balaban J connectivity index is 0.00000137. The van der Waals surface area contributed by atoms with Gasteiger partial charge in [0.15, 0.2) is 0 Å². The van der Waals surface area contributed by atoms with E-state index in [1.54, 1.807) is 23.7 Å². The van der Waals surface area contributed by atoms with E-state index >= 15 is 0 Å². The summed E-state index contributed by atoms with van der Waals surface area (Å²) in [5, 5.41) is 16.1. The van der Waals surface area contributed by atoms with E-state index in [-0.39, 0.29) is 40.4 Å². The van der Waals surface area contributed by atoms with Crippen molar-refractivity contribution in [2.24, 2.45) is 5.41 Å². The fourth-order valence-corrected chi connectivity index (χ4v) is 5.84. The van der Waals surface area contributed by atoms with E-state index in [9.17, 15) is 5.11 Å². The number of pyridine rings is 2. The fourth-order valence-electron chi connectivity index (χ4n) is 4.98. The zero-order valence-corrected chi connectivity index (χ0v) is 22.1. The van der Waals surface area contributed by atoms with Gasteiger partial charge in [-0.2, -0.15) is 0 Å². The standard InChI is InChI=1S/C26H22N4OS.Na.H2O/c1-25(2)12-17-8-10-27-14-21(17)26(25,31)18-6-3-5-16(11-18)22-15-32-24(30-22)20-13-29-23-19(20)7-4-9-28-23;;/h3-11,13-15,31H,12H2,1-2H3,(H,28,29);;1H2/q;+1;/p-1/t26-;;/m1../s1. The van der Waals surface area contributed by atoms with Gasteiger partial charge in [0.05, 0.1) is 5.69 Å². The molecule has 0 spiro atoms. The van der Waals surface area contributed by atoms with Crippen molar-refractivity contribution in [3.8, 4) is 21.8 Å². The summed E-state index contributed by atoms with van der Waals surface area (Å²) < 4.78 is 0. The number of nitrogens with one attached hydrogen (secondary N) is 1. The van der Waals surface area contributed by atoms with Crippen LogP contribution in [0.4, 0.5) is 0 Å². The van der Waals surface area contributed by atoms with Crippen molar-refractivity contribution in [3.05, 3.63) is 89.3 Å². The Kier molecular flexibility index (Phi) is 6.54. The van der Waals surface area contributed by atoms with Crippen LogP contribution >= 0.6 is 11.3 Å². The summed E-state index contributed by atoms with van der Waals surface area (Å²) in [6, 6.07) is 14.1. The molecule has 1 aliphatic rings. The Morgan fingerprint density at radius 1 is 1.09 bits per heavy atom. The zero-order valence-electron chi connectivity index (χ0n) is 19.3. The molecular formula is C26H23N4NaO2S. The summed E-state index contributed by atoms with van der Waals surface area (Å²) in [6.07, 6.45) is 8.16. The average Bonchev–Trinajstić information content (AvgIpc) is 3.50. The number of benzene rings is 1. The molecule has 0 fully saturated rings. The minimum Gasteiger partial charge on any atom is -0.870 e. The molecule has 1 aliphatic carbocycles. The number of thiazole rings is 1. The first-order chi connectivity index (χ1) is 15.5. The number of hydrogen-bond donors (Lipinski definition) is 2. The van der Waals surface area contributed by atoms with Crippen molar-refractivity contribution in [3.63, 3.8) is 0 Å². The molecule has 0 bridgehead atoms. The summed E-state index contributed by atoms with van der Waals surface area (Å²) in [4.78, 5) is 16.8. The Labute approximate surface area is 223 Å². The van der Waals surface area contributed by atoms with Crippen molar-refractivity contribution in [2.75, 3.05) is 0 Å². The van der Waals surface area contributed by atoms with E-state index in [0.29, 0.717) is 0 Å². The van der Waals surface area contributed by atoms with Crippen LogP contribution in [0.25, 0.3) is 32.9 Å². The molecule has 0 radical (unpaired) electrons. The van der Waals surface area contributed by atoms with Gasteiger partial charge >= 0.3 is 29.6 Å². The van der Waals surface area contributed by atoms with Crippen molar-refractivity contribution in [1.82, 2.24) is 19.9 Å². The van der Waals surface area contributed by atoms with Crippen LogP contribution in [0.15, 0.2) is 72.6 Å². The zero-order chi connectivity index (χ0) is 21.9. The van der Waals surface area contributed by atoms with Crippen LogP contribution in [0.2, 0.25) is 0 Å². The predicted molar refractivity (Wildman–Crippen MR) is 129 cm³/mol. The number of aromatic nitrogens is 4. The molecule has 3 N–H and O–H groups in total. The van der Waals surface area contributed by atoms with Crippen LogP contribution in [0.5, 0.6) is 0 Å². The normalized spacial score (nSPS) is 18.2. The molecule has 0 unspecified atom stereocenters. The van der Waals surface area contributed by atoms with Gasteiger partial charge in [0.2, 0.25) is 0 Å². The van der Waals surface area contributed by atoms with Gasteiger partial charge in [-0.3, -0.25) is 4.98 Å². The van der Waals surface area contributed by atoms with Crippen LogP contribution in [0, 0.1) is 5.41 Å². The van der Waals surface area contributed by atoms with E-state index in [4.69, 9.17) is 4.98 Å². The van der Waals surface area contributed by atoms with Gasteiger partial charge in [0, 0.05) is 57.7 Å². The molecule has 166 valence electrons. The molecule has 5 aromatic rings. The van der Waals surface area contributed by atoms with E-state index in [2.05, 4.69) is 52.4 Å². The van der Waals surface area contributed by atoms with Gasteiger partial charge < -0.3 is 15.6 Å². The summed E-state index contributed by atoms with van der Waals surface area (Å²) in [7, 11) is 0. The molecule has 4 heterocycles. The maximum atomic E-state index is 12.0. The van der Waals surface area contributed by atoms with Crippen molar-refractivity contribution < 1.29 is 40.1 Å². The Morgan fingerprint density at radius 3 is 2.79 bits per heavy atom. The number of fused-ring (bicyclic) bond motifs is 2. The monoisotopic (exact) mass is 478 g/mol. The minimum absolute atomic E-state index is 0. The smallest absolute Gasteiger partial charge is 0.870 e. The second-order valence-electron chi connectivity index (χ2n) is 9.02. The maximum Gasteiger partial charge on any atom is 1.00 e. The molecule has 0 saturated carbocycles. The number of nitrogens with zero attached hydrogens (tertiary/aromatic N) is 3. The van der Waals surface area contributed by atoms with Crippen molar-refractivity contribution in [1.29, 1.82) is 0 Å².